The van der Waals surface area contributed by atoms with Gasteiger partial charge in [0.15, 0.2) is 0 Å². The van der Waals surface area contributed by atoms with E-state index in [0.717, 1.165) is 0 Å². The van der Waals surface area contributed by atoms with Gasteiger partial charge in [0.1, 0.15) is 5.82 Å². The van der Waals surface area contributed by atoms with Gasteiger partial charge in [0.2, 0.25) is 0 Å². The van der Waals surface area contributed by atoms with Crippen molar-refractivity contribution in [1.82, 2.24) is 10.2 Å². The third-order valence-corrected chi connectivity index (χ3v) is 1.08. The Morgan fingerprint density at radius 2 is 2.50 bits per heavy atom. The lowest BCUT2D eigenvalue weighted by atomic mass is 10.5. The highest BCUT2D eigenvalue weighted by atomic mass is 16.6. The van der Waals surface area contributed by atoms with Gasteiger partial charge in [-0.2, -0.15) is 5.10 Å². The van der Waals surface area contributed by atoms with Crippen molar-refractivity contribution in [1.29, 1.82) is 0 Å². The molecule has 0 aliphatic carbocycles. The van der Waals surface area contributed by atoms with Gasteiger partial charge >= 0.3 is 6.09 Å². The minimum atomic E-state index is -0.478. The van der Waals surface area contributed by atoms with Crippen LogP contribution < -0.4 is 5.32 Å². The van der Waals surface area contributed by atoms with E-state index in [4.69, 9.17) is 4.74 Å². The Balaban J connectivity index is 2.37. The predicted octanol–water partition coefficient (Wildman–Crippen LogP) is 1.37. The second-order valence-electron chi connectivity index (χ2n) is 2.55. The number of hydrogen-bond acceptors (Lipinski definition) is 3. The molecule has 0 radical (unpaired) electrons. The average Bonchev–Trinajstić information content (AvgIpc) is 2.37. The number of amides is 1. The molecule has 1 amide bonds. The second kappa shape index (κ2) is 3.75. The molecule has 0 aliphatic heterocycles. The van der Waals surface area contributed by atoms with Gasteiger partial charge in [0, 0.05) is 6.07 Å². The Morgan fingerprint density at radius 1 is 1.75 bits per heavy atom. The van der Waals surface area contributed by atoms with Gasteiger partial charge in [-0.05, 0) is 13.8 Å². The molecule has 66 valence electrons. The molecule has 1 rings (SSSR count). The van der Waals surface area contributed by atoms with Gasteiger partial charge < -0.3 is 4.74 Å². The number of hydrogen-bond donors (Lipinski definition) is 2. The highest BCUT2D eigenvalue weighted by molar-refractivity contribution is 5.83. The number of nitrogens with zero attached hydrogens (tertiary/aromatic N) is 1. The number of ether oxygens (including phenoxy) is 1. The maximum absolute atomic E-state index is 10.9. The topological polar surface area (TPSA) is 67.0 Å². The first kappa shape index (κ1) is 8.58. The fourth-order valence-corrected chi connectivity index (χ4v) is 0.679. The lowest BCUT2D eigenvalue weighted by Gasteiger charge is -2.07. The van der Waals surface area contributed by atoms with E-state index in [1.807, 2.05) is 0 Å². The van der Waals surface area contributed by atoms with Crippen LogP contribution in [0.2, 0.25) is 0 Å². The van der Waals surface area contributed by atoms with Gasteiger partial charge in [0.25, 0.3) is 0 Å². The maximum Gasteiger partial charge on any atom is 0.413 e. The van der Waals surface area contributed by atoms with Gasteiger partial charge in [-0.3, -0.25) is 10.4 Å². The van der Waals surface area contributed by atoms with Crippen LogP contribution in [0, 0.1) is 0 Å². The van der Waals surface area contributed by atoms with Crippen molar-refractivity contribution >= 4 is 11.9 Å². The zero-order valence-corrected chi connectivity index (χ0v) is 7.00. The molecule has 12 heavy (non-hydrogen) atoms. The van der Waals surface area contributed by atoms with E-state index in [2.05, 4.69) is 15.5 Å². The van der Waals surface area contributed by atoms with Crippen LogP contribution >= 0.6 is 0 Å². The van der Waals surface area contributed by atoms with E-state index in [9.17, 15) is 4.79 Å². The number of anilines is 1. The summed E-state index contributed by atoms with van der Waals surface area (Å²) in [7, 11) is 0. The van der Waals surface area contributed by atoms with Crippen molar-refractivity contribution in [3.8, 4) is 0 Å². The van der Waals surface area contributed by atoms with E-state index in [1.54, 1.807) is 26.1 Å². The molecule has 0 bridgehead atoms. The molecule has 1 aromatic heterocycles. The summed E-state index contributed by atoms with van der Waals surface area (Å²) in [4.78, 5) is 10.9. The fraction of sp³-hybridized carbons (Fsp3) is 0.429. The largest absolute Gasteiger partial charge is 0.447 e. The fourth-order valence-electron chi connectivity index (χ4n) is 0.679. The summed E-state index contributed by atoms with van der Waals surface area (Å²) in [6.45, 7) is 3.57. The van der Waals surface area contributed by atoms with Crippen molar-refractivity contribution in [2.24, 2.45) is 0 Å². The van der Waals surface area contributed by atoms with E-state index >= 15 is 0 Å². The maximum atomic E-state index is 10.9. The summed E-state index contributed by atoms with van der Waals surface area (Å²) in [5.74, 6) is 0.528. The lowest BCUT2D eigenvalue weighted by Crippen LogP contribution is -2.18. The zero-order valence-electron chi connectivity index (χ0n) is 7.00. The van der Waals surface area contributed by atoms with E-state index in [-0.39, 0.29) is 6.10 Å². The second-order valence-corrected chi connectivity index (χ2v) is 2.55. The van der Waals surface area contributed by atoms with E-state index < -0.39 is 6.09 Å². The lowest BCUT2D eigenvalue weighted by molar-refractivity contribution is 0.130. The van der Waals surface area contributed by atoms with Crippen molar-refractivity contribution in [2.75, 3.05) is 5.32 Å². The van der Waals surface area contributed by atoms with Gasteiger partial charge in [0.05, 0.1) is 12.3 Å². The summed E-state index contributed by atoms with van der Waals surface area (Å²) < 4.78 is 4.83. The highest BCUT2D eigenvalue weighted by Gasteiger charge is 2.04. The minimum Gasteiger partial charge on any atom is -0.447 e. The molecule has 5 heteroatoms. The molecular formula is C7H11N3O2. The van der Waals surface area contributed by atoms with Gasteiger partial charge in [-0.1, -0.05) is 0 Å². The van der Waals surface area contributed by atoms with Gasteiger partial charge in [-0.25, -0.2) is 4.79 Å². The van der Waals surface area contributed by atoms with Gasteiger partial charge in [-0.15, -0.1) is 0 Å². The molecule has 0 aliphatic rings. The number of carbonyl (C=O) groups is 1. The zero-order chi connectivity index (χ0) is 8.97. The van der Waals surface area contributed by atoms with Crippen LogP contribution in [0.3, 0.4) is 0 Å². The molecule has 2 N–H and O–H groups in total. The van der Waals surface area contributed by atoms with Crippen molar-refractivity contribution in [3.63, 3.8) is 0 Å². The monoisotopic (exact) mass is 169 g/mol. The molecule has 0 saturated heterocycles. The van der Waals surface area contributed by atoms with Crippen molar-refractivity contribution in [3.05, 3.63) is 12.3 Å². The van der Waals surface area contributed by atoms with Crippen LogP contribution in [0.1, 0.15) is 13.8 Å². The molecule has 0 atom stereocenters. The molecule has 0 saturated carbocycles. The van der Waals surface area contributed by atoms with Crippen LogP contribution in [0.25, 0.3) is 0 Å². The molecule has 1 aromatic rings. The van der Waals surface area contributed by atoms with Crippen LogP contribution in [0.5, 0.6) is 0 Å². The predicted molar refractivity (Wildman–Crippen MR) is 43.8 cm³/mol. The highest BCUT2D eigenvalue weighted by Crippen LogP contribution is 2.00. The Kier molecular flexibility index (Phi) is 2.68. The summed E-state index contributed by atoms with van der Waals surface area (Å²) in [5, 5.41) is 8.71. The summed E-state index contributed by atoms with van der Waals surface area (Å²) in [5.41, 5.74) is 0. The molecule has 5 nitrogen and oxygen atoms in total. The third-order valence-electron chi connectivity index (χ3n) is 1.08. The van der Waals surface area contributed by atoms with E-state index in [1.165, 1.54) is 0 Å². The molecule has 1 heterocycles. The summed E-state index contributed by atoms with van der Waals surface area (Å²) in [6.07, 6.45) is 0.951. The van der Waals surface area contributed by atoms with Crippen molar-refractivity contribution in [2.45, 2.75) is 20.0 Å². The van der Waals surface area contributed by atoms with Crippen molar-refractivity contribution < 1.29 is 9.53 Å². The molecular weight excluding hydrogens is 158 g/mol. The van der Waals surface area contributed by atoms with Crippen LogP contribution in [0.15, 0.2) is 12.3 Å². The quantitative estimate of drug-likeness (QED) is 0.702. The number of aromatic nitrogens is 2. The number of aromatic amines is 1. The average molecular weight is 169 g/mol. The smallest absolute Gasteiger partial charge is 0.413 e. The van der Waals surface area contributed by atoms with Crippen LogP contribution in [0.4, 0.5) is 10.6 Å². The Morgan fingerprint density at radius 3 is 3.00 bits per heavy atom. The first-order valence-corrected chi connectivity index (χ1v) is 3.65. The number of nitrogens with one attached hydrogen (secondary N) is 2. The third kappa shape index (κ3) is 2.61. The Hall–Kier alpha value is -1.52. The SMILES string of the molecule is CC(C)OC(=O)Nc1ccn[nH]1. The van der Waals surface area contributed by atoms with Crippen LogP contribution in [-0.2, 0) is 4.74 Å². The van der Waals surface area contributed by atoms with E-state index in [0.29, 0.717) is 5.82 Å². The number of carbonyl (C=O) groups excluding carboxylic acids is 1. The summed E-state index contributed by atoms with van der Waals surface area (Å²) >= 11 is 0. The minimum absolute atomic E-state index is 0.118. The standard InChI is InChI=1S/C7H11N3O2/c1-5(2)12-7(11)9-6-3-4-8-10-6/h3-5H,1-2H3,(H2,8,9,10,11). The first-order valence-electron chi connectivity index (χ1n) is 3.65. The first-order chi connectivity index (χ1) is 5.68. The summed E-state index contributed by atoms with van der Waals surface area (Å²) in [6, 6.07) is 1.64. The Bertz CT molecular complexity index is 243. The normalized spacial score (nSPS) is 9.92. The number of rotatable bonds is 2. The molecule has 0 fully saturated rings. The van der Waals surface area contributed by atoms with Crippen LogP contribution in [-0.4, -0.2) is 22.4 Å². The molecule has 0 unspecified atom stereocenters. The number of H-pyrrole nitrogens is 1. The molecule has 0 spiro atoms. The Labute approximate surface area is 70.1 Å². The molecule has 0 aromatic carbocycles.